The van der Waals surface area contributed by atoms with Crippen molar-refractivity contribution in [1.29, 1.82) is 0 Å². The average Bonchev–Trinajstić information content (AvgIpc) is 2.36. The van der Waals surface area contributed by atoms with Crippen LogP contribution in [0.4, 0.5) is 0 Å². The van der Waals surface area contributed by atoms with Crippen LogP contribution in [0, 0.1) is 0 Å². The quantitative estimate of drug-likeness (QED) is 0.505. The van der Waals surface area contributed by atoms with E-state index in [2.05, 4.69) is 4.90 Å². The van der Waals surface area contributed by atoms with Gasteiger partial charge in [0.05, 0.1) is 0 Å². The van der Waals surface area contributed by atoms with Gasteiger partial charge in [0.2, 0.25) is 15.3 Å². The molecular formula is C14H31NO3Si. The molecule has 1 fully saturated rings. The normalized spacial score (nSPS) is 19.7. The Kier molecular flexibility index (Phi) is 8.90. The smallest absolute Gasteiger partial charge is 0.248 e. The van der Waals surface area contributed by atoms with Crippen LogP contribution in [0.1, 0.15) is 52.9 Å². The highest BCUT2D eigenvalue weighted by Gasteiger charge is 2.39. The first-order valence-corrected chi connectivity index (χ1v) is 9.18. The van der Waals surface area contributed by atoms with Gasteiger partial charge in [-0.05, 0) is 33.6 Å². The second kappa shape index (κ2) is 9.88. The summed E-state index contributed by atoms with van der Waals surface area (Å²) in [6.45, 7) is 10.4. The fourth-order valence-corrected chi connectivity index (χ4v) is 4.20. The van der Waals surface area contributed by atoms with Crippen molar-refractivity contribution in [2.75, 3.05) is 32.9 Å². The summed E-state index contributed by atoms with van der Waals surface area (Å²) in [4.78, 5) is 2.40. The maximum atomic E-state index is 6.05. The Morgan fingerprint density at radius 1 is 0.842 bits per heavy atom. The molecule has 0 atom stereocenters. The number of likely N-dealkylation sites (tertiary alicyclic amines) is 1. The lowest BCUT2D eigenvalue weighted by Gasteiger charge is -2.43. The van der Waals surface area contributed by atoms with Gasteiger partial charge in [0.15, 0.2) is 0 Å². The molecule has 19 heavy (non-hydrogen) atoms. The van der Waals surface area contributed by atoms with Gasteiger partial charge in [-0.15, -0.1) is 0 Å². The lowest BCUT2D eigenvalue weighted by Crippen LogP contribution is -2.59. The molecule has 4 nitrogen and oxygen atoms in total. The summed E-state index contributed by atoms with van der Waals surface area (Å²) in [5.74, 6) is 0. The van der Waals surface area contributed by atoms with E-state index in [9.17, 15) is 0 Å². The van der Waals surface area contributed by atoms with E-state index in [0.717, 1.165) is 19.7 Å². The van der Waals surface area contributed by atoms with Crippen molar-refractivity contribution in [1.82, 2.24) is 4.90 Å². The van der Waals surface area contributed by atoms with E-state index in [4.69, 9.17) is 13.9 Å². The minimum absolute atomic E-state index is 0.545. The molecule has 5 heteroatoms. The summed E-state index contributed by atoms with van der Waals surface area (Å²) in [7, 11) is -0.894. The van der Waals surface area contributed by atoms with Crippen LogP contribution in [0.5, 0.6) is 0 Å². The number of hydrogen-bond acceptors (Lipinski definition) is 4. The molecule has 0 aromatic carbocycles. The Labute approximate surface area is 120 Å². The van der Waals surface area contributed by atoms with E-state index in [1.54, 1.807) is 0 Å². The Bertz CT molecular complexity index is 215. The summed E-state index contributed by atoms with van der Waals surface area (Å²) in [5.41, 5.74) is -0.545. The van der Waals surface area contributed by atoms with Gasteiger partial charge in [0.25, 0.3) is 0 Å². The Hall–Kier alpha value is 0.0569. The van der Waals surface area contributed by atoms with Gasteiger partial charge in [-0.1, -0.05) is 19.3 Å². The molecule has 0 radical (unpaired) electrons. The molecule has 1 heterocycles. The summed E-state index contributed by atoms with van der Waals surface area (Å²) >= 11 is 0. The summed E-state index contributed by atoms with van der Waals surface area (Å²) in [6, 6.07) is 0. The maximum absolute atomic E-state index is 6.05. The minimum Gasteiger partial charge on any atom is -0.416 e. The molecule has 114 valence electrons. The molecular weight excluding hydrogens is 258 g/mol. The highest BCUT2D eigenvalue weighted by atomic mass is 28.2. The average molecular weight is 289 g/mol. The van der Waals surface area contributed by atoms with Gasteiger partial charge < -0.3 is 13.9 Å². The highest BCUT2D eigenvalue weighted by molar-refractivity contribution is 6.30. The van der Waals surface area contributed by atoms with Crippen LogP contribution in [0.15, 0.2) is 0 Å². The Balaban J connectivity index is 2.75. The second-order valence-corrected chi connectivity index (χ2v) is 6.56. The Morgan fingerprint density at radius 3 is 1.84 bits per heavy atom. The van der Waals surface area contributed by atoms with Crippen LogP contribution in [0.2, 0.25) is 0 Å². The molecule has 1 rings (SSSR count). The predicted octanol–water partition coefficient (Wildman–Crippen LogP) is 2.06. The van der Waals surface area contributed by atoms with E-state index in [-0.39, 0.29) is 0 Å². The fraction of sp³-hybridized carbons (Fsp3) is 1.00. The van der Waals surface area contributed by atoms with Crippen molar-refractivity contribution < 1.29 is 13.9 Å². The minimum atomic E-state index is -0.894. The zero-order valence-corrected chi connectivity index (χ0v) is 14.4. The standard InChI is InChI=1S/C14H31NO3Si/c1-4-16-14(17-5-2,19-18-6-3)15-12-10-8-7-9-11-13-15/h4-13,19H2,1-3H3. The molecule has 0 spiro atoms. The van der Waals surface area contributed by atoms with Crippen LogP contribution < -0.4 is 0 Å². The van der Waals surface area contributed by atoms with Gasteiger partial charge >= 0.3 is 0 Å². The van der Waals surface area contributed by atoms with Gasteiger partial charge in [0.1, 0.15) is 0 Å². The maximum Gasteiger partial charge on any atom is 0.248 e. The second-order valence-electron chi connectivity index (χ2n) is 4.97. The highest BCUT2D eigenvalue weighted by Crippen LogP contribution is 2.23. The molecule has 1 saturated heterocycles. The van der Waals surface area contributed by atoms with E-state index in [1.165, 1.54) is 32.1 Å². The van der Waals surface area contributed by atoms with Gasteiger partial charge in [-0.25, -0.2) is 0 Å². The lowest BCUT2D eigenvalue weighted by atomic mass is 10.1. The molecule has 0 aromatic heterocycles. The van der Waals surface area contributed by atoms with Crippen LogP contribution in [-0.4, -0.2) is 53.1 Å². The van der Waals surface area contributed by atoms with Gasteiger partial charge in [-0.2, -0.15) is 0 Å². The van der Waals surface area contributed by atoms with Crippen molar-refractivity contribution in [2.45, 2.75) is 58.4 Å². The topological polar surface area (TPSA) is 30.9 Å². The van der Waals surface area contributed by atoms with Crippen LogP contribution in [0.25, 0.3) is 0 Å². The molecule has 1 aliphatic heterocycles. The Morgan fingerprint density at radius 2 is 1.37 bits per heavy atom. The number of hydrogen-bond donors (Lipinski definition) is 0. The molecule has 1 aliphatic rings. The van der Waals surface area contributed by atoms with Gasteiger partial charge in [-0.3, -0.25) is 4.90 Å². The largest absolute Gasteiger partial charge is 0.416 e. The SMILES string of the molecule is CCO[SiH2]C(OCC)(OCC)N1CCCCCCC1. The van der Waals surface area contributed by atoms with Gasteiger partial charge in [0, 0.05) is 32.9 Å². The summed E-state index contributed by atoms with van der Waals surface area (Å²) < 4.78 is 17.9. The summed E-state index contributed by atoms with van der Waals surface area (Å²) in [6.07, 6.45) is 6.49. The first-order chi connectivity index (χ1) is 9.29. The first kappa shape index (κ1) is 17.1. The third-order valence-corrected chi connectivity index (χ3v) is 5.40. The summed E-state index contributed by atoms with van der Waals surface area (Å²) in [5, 5.41) is 0. The number of ether oxygens (including phenoxy) is 2. The molecule has 0 N–H and O–H groups in total. The third-order valence-electron chi connectivity index (χ3n) is 3.57. The van der Waals surface area contributed by atoms with Crippen molar-refractivity contribution in [3.8, 4) is 0 Å². The first-order valence-electron chi connectivity index (χ1n) is 7.89. The van der Waals surface area contributed by atoms with E-state index >= 15 is 0 Å². The number of nitrogens with zero attached hydrogens (tertiary/aromatic N) is 1. The zero-order chi connectivity index (χ0) is 14.0. The number of rotatable bonds is 8. The molecule has 0 bridgehead atoms. The predicted molar refractivity (Wildman–Crippen MR) is 80.8 cm³/mol. The van der Waals surface area contributed by atoms with Crippen molar-refractivity contribution in [3.05, 3.63) is 0 Å². The van der Waals surface area contributed by atoms with E-state index < -0.39 is 15.3 Å². The van der Waals surface area contributed by atoms with Crippen LogP contribution in [-0.2, 0) is 13.9 Å². The van der Waals surface area contributed by atoms with Crippen LogP contribution >= 0.6 is 0 Å². The monoisotopic (exact) mass is 289 g/mol. The molecule has 0 saturated carbocycles. The van der Waals surface area contributed by atoms with Crippen LogP contribution in [0.3, 0.4) is 0 Å². The van der Waals surface area contributed by atoms with E-state index in [1.807, 2.05) is 20.8 Å². The van der Waals surface area contributed by atoms with Crippen molar-refractivity contribution >= 4 is 9.76 Å². The fourth-order valence-electron chi connectivity index (χ4n) is 2.67. The molecule has 0 aliphatic carbocycles. The van der Waals surface area contributed by atoms with Crippen molar-refractivity contribution in [2.24, 2.45) is 0 Å². The molecule has 0 unspecified atom stereocenters. The van der Waals surface area contributed by atoms with Crippen molar-refractivity contribution in [3.63, 3.8) is 0 Å². The van der Waals surface area contributed by atoms with E-state index in [0.29, 0.717) is 13.2 Å². The molecule has 0 aromatic rings. The molecule has 0 amide bonds. The lowest BCUT2D eigenvalue weighted by molar-refractivity contribution is -0.266. The zero-order valence-electron chi connectivity index (χ0n) is 13.0. The third kappa shape index (κ3) is 5.51.